The van der Waals surface area contributed by atoms with Crippen LogP contribution >= 0.6 is 11.3 Å². The van der Waals surface area contributed by atoms with E-state index in [0.717, 1.165) is 27.3 Å². The highest BCUT2D eigenvalue weighted by molar-refractivity contribution is 7.13. The lowest BCUT2D eigenvalue weighted by molar-refractivity contribution is -0.149. The summed E-state index contributed by atoms with van der Waals surface area (Å²) in [4.78, 5) is 34.8. The first-order valence-corrected chi connectivity index (χ1v) is 14.5. The first-order chi connectivity index (χ1) is 19.2. The third-order valence-corrected chi connectivity index (χ3v) is 7.67. The van der Waals surface area contributed by atoms with Gasteiger partial charge >= 0.3 is 5.97 Å². The maximum Gasteiger partial charge on any atom is 0.331 e. The van der Waals surface area contributed by atoms with Crippen LogP contribution in [0.5, 0.6) is 11.5 Å². The SMILES string of the molecule is C=CC.CCOC(=O)C1(NC(=O)[C@@H]2C[C@@H](Oc3cc(-c4nc(C(C)C)cs4)nc4cc(OC)ccc34)CN2)CC1. The molecule has 0 radical (unpaired) electrons. The van der Waals surface area contributed by atoms with Crippen molar-refractivity contribution in [3.05, 3.63) is 48.0 Å². The molecule has 0 spiro atoms. The summed E-state index contributed by atoms with van der Waals surface area (Å²) >= 11 is 1.56. The second-order valence-corrected chi connectivity index (χ2v) is 11.1. The Bertz CT molecular complexity index is 1370. The highest BCUT2D eigenvalue weighted by Gasteiger charge is 2.53. The topological polar surface area (TPSA) is 112 Å². The van der Waals surface area contributed by atoms with E-state index in [1.54, 1.807) is 31.4 Å². The summed E-state index contributed by atoms with van der Waals surface area (Å²) in [6.45, 7) is 12.0. The number of allylic oxidation sites excluding steroid dienone is 1. The first kappa shape index (κ1) is 29.5. The zero-order valence-electron chi connectivity index (χ0n) is 23.8. The molecule has 1 amide bonds. The van der Waals surface area contributed by atoms with E-state index in [-0.39, 0.29) is 18.0 Å². The van der Waals surface area contributed by atoms with Gasteiger partial charge in [-0.1, -0.05) is 19.9 Å². The number of methoxy groups -OCH3 is 1. The quantitative estimate of drug-likeness (QED) is 0.275. The van der Waals surface area contributed by atoms with Crippen molar-refractivity contribution < 1.29 is 23.8 Å². The summed E-state index contributed by atoms with van der Waals surface area (Å²) in [7, 11) is 1.63. The molecule has 40 heavy (non-hydrogen) atoms. The molecule has 2 aromatic heterocycles. The lowest BCUT2D eigenvalue weighted by Gasteiger charge is -2.19. The molecule has 2 atom stereocenters. The normalized spacial score (nSPS) is 18.9. The third kappa shape index (κ3) is 6.62. The van der Waals surface area contributed by atoms with Gasteiger partial charge < -0.3 is 24.8 Å². The number of nitrogens with one attached hydrogen (secondary N) is 2. The van der Waals surface area contributed by atoms with E-state index in [2.05, 4.69) is 36.4 Å². The monoisotopic (exact) mass is 566 g/mol. The predicted molar refractivity (Wildman–Crippen MR) is 157 cm³/mol. The molecule has 0 bridgehead atoms. The van der Waals surface area contributed by atoms with Gasteiger partial charge in [-0.05, 0) is 44.7 Å². The number of carbonyl (C=O) groups excluding carboxylic acids is 2. The molecule has 1 aromatic carbocycles. The summed E-state index contributed by atoms with van der Waals surface area (Å²) in [6, 6.07) is 7.17. The van der Waals surface area contributed by atoms with Crippen LogP contribution in [0.25, 0.3) is 21.6 Å². The zero-order valence-corrected chi connectivity index (χ0v) is 24.6. The lowest BCUT2D eigenvalue weighted by atomic mass is 10.1. The molecule has 10 heteroatoms. The Kier molecular flexibility index (Phi) is 9.42. The number of rotatable bonds is 9. The van der Waals surface area contributed by atoms with E-state index < -0.39 is 11.6 Å². The second-order valence-electron chi connectivity index (χ2n) is 10.3. The Balaban J connectivity index is 0.00000118. The van der Waals surface area contributed by atoms with Crippen molar-refractivity contribution in [1.82, 2.24) is 20.6 Å². The lowest BCUT2D eigenvalue weighted by Crippen LogP contribution is -2.50. The van der Waals surface area contributed by atoms with Crippen molar-refractivity contribution in [3.8, 4) is 22.2 Å². The van der Waals surface area contributed by atoms with Gasteiger partial charge in [-0.3, -0.25) is 4.79 Å². The van der Waals surface area contributed by atoms with Gasteiger partial charge in [0.1, 0.15) is 33.8 Å². The summed E-state index contributed by atoms with van der Waals surface area (Å²) in [5, 5.41) is 9.89. The second kappa shape index (κ2) is 12.8. The number of aromatic nitrogens is 2. The Morgan fingerprint density at radius 3 is 2.65 bits per heavy atom. The number of thiazole rings is 1. The van der Waals surface area contributed by atoms with Crippen molar-refractivity contribution in [2.24, 2.45) is 0 Å². The fourth-order valence-electron chi connectivity index (χ4n) is 4.45. The smallest absolute Gasteiger partial charge is 0.331 e. The van der Waals surface area contributed by atoms with E-state index in [0.29, 0.717) is 49.8 Å². The van der Waals surface area contributed by atoms with Crippen LogP contribution in [0.3, 0.4) is 0 Å². The maximum absolute atomic E-state index is 12.9. The number of nitrogens with zero attached hydrogens (tertiary/aromatic N) is 2. The van der Waals surface area contributed by atoms with Crippen LogP contribution in [0.2, 0.25) is 0 Å². The average molecular weight is 567 g/mol. The number of hydrogen-bond acceptors (Lipinski definition) is 9. The molecule has 1 aliphatic heterocycles. The van der Waals surface area contributed by atoms with Gasteiger partial charge in [-0.25, -0.2) is 14.8 Å². The van der Waals surface area contributed by atoms with Crippen LogP contribution in [-0.4, -0.2) is 59.8 Å². The largest absolute Gasteiger partial charge is 0.497 e. The summed E-state index contributed by atoms with van der Waals surface area (Å²) < 4.78 is 17.0. The summed E-state index contributed by atoms with van der Waals surface area (Å²) in [5.41, 5.74) is 1.64. The molecule has 214 valence electrons. The molecule has 2 fully saturated rings. The highest BCUT2D eigenvalue weighted by Crippen LogP contribution is 2.38. The van der Waals surface area contributed by atoms with E-state index in [4.69, 9.17) is 24.2 Å². The molecule has 3 aromatic rings. The zero-order chi connectivity index (χ0) is 28.9. The molecule has 1 aliphatic carbocycles. The van der Waals surface area contributed by atoms with Gasteiger partial charge in [-0.15, -0.1) is 17.9 Å². The van der Waals surface area contributed by atoms with Crippen LogP contribution in [0.1, 0.15) is 58.6 Å². The molecular weight excluding hydrogens is 528 g/mol. The van der Waals surface area contributed by atoms with E-state index in [1.807, 2.05) is 31.2 Å². The van der Waals surface area contributed by atoms with Crippen molar-refractivity contribution in [3.63, 3.8) is 0 Å². The molecule has 3 heterocycles. The van der Waals surface area contributed by atoms with Crippen molar-refractivity contribution in [2.45, 2.75) is 70.6 Å². The number of esters is 1. The summed E-state index contributed by atoms with van der Waals surface area (Å²) in [5.74, 6) is 1.16. The number of benzene rings is 1. The molecule has 1 saturated carbocycles. The van der Waals surface area contributed by atoms with Crippen LogP contribution in [0.15, 0.2) is 42.3 Å². The van der Waals surface area contributed by atoms with Crippen molar-refractivity contribution in [2.75, 3.05) is 20.3 Å². The molecule has 2 aliphatic rings. The van der Waals surface area contributed by atoms with Gasteiger partial charge in [0.15, 0.2) is 0 Å². The highest BCUT2D eigenvalue weighted by atomic mass is 32.1. The molecule has 1 saturated heterocycles. The minimum absolute atomic E-state index is 0.203. The standard InChI is InChI=1S/C27H32N4O5S.C3H6/c1-5-35-26(33)27(8-9-27)31-24(32)20-11-17(13-28-20)36-23-12-21(25-30-22(14-37-25)15(2)3)29-19-10-16(34-4)6-7-18(19)23;1-3-2/h6-7,10,12,14-15,17,20,28H,5,8-9,11,13H2,1-4H3,(H,31,32);3H,1H2,2H3/t17-,20+;/m1./s1. The fourth-order valence-corrected chi connectivity index (χ4v) is 5.39. The molecule has 0 unspecified atom stereocenters. The molecule has 2 N–H and O–H groups in total. The number of amides is 1. The predicted octanol–water partition coefficient (Wildman–Crippen LogP) is 5.00. The Labute approximate surface area is 239 Å². The number of pyridine rings is 1. The Morgan fingerprint density at radius 1 is 1.27 bits per heavy atom. The Morgan fingerprint density at radius 2 is 2.02 bits per heavy atom. The van der Waals surface area contributed by atoms with Gasteiger partial charge in [0.05, 0.1) is 31.0 Å². The van der Waals surface area contributed by atoms with Crippen LogP contribution < -0.4 is 20.1 Å². The average Bonchev–Trinajstić information content (AvgIpc) is 3.32. The van der Waals surface area contributed by atoms with E-state index in [1.165, 1.54) is 0 Å². The van der Waals surface area contributed by atoms with Gasteiger partial charge in [0.25, 0.3) is 0 Å². The first-order valence-electron chi connectivity index (χ1n) is 13.6. The van der Waals surface area contributed by atoms with Crippen molar-refractivity contribution >= 4 is 34.1 Å². The molecular formula is C30H38N4O5S. The van der Waals surface area contributed by atoms with Crippen LogP contribution in [0, 0.1) is 0 Å². The van der Waals surface area contributed by atoms with Gasteiger partial charge in [0.2, 0.25) is 5.91 Å². The number of ether oxygens (including phenoxy) is 3. The van der Waals surface area contributed by atoms with Gasteiger partial charge in [0, 0.05) is 35.9 Å². The van der Waals surface area contributed by atoms with Crippen molar-refractivity contribution in [1.29, 1.82) is 0 Å². The fraction of sp³-hybridized carbons (Fsp3) is 0.467. The minimum Gasteiger partial charge on any atom is -0.497 e. The van der Waals surface area contributed by atoms with Crippen LogP contribution in [-0.2, 0) is 14.3 Å². The van der Waals surface area contributed by atoms with E-state index >= 15 is 0 Å². The number of hydrogen-bond donors (Lipinski definition) is 2. The number of carbonyl (C=O) groups is 2. The van der Waals surface area contributed by atoms with E-state index in [9.17, 15) is 9.59 Å². The molecule has 5 rings (SSSR count). The third-order valence-electron chi connectivity index (χ3n) is 6.79. The summed E-state index contributed by atoms with van der Waals surface area (Å²) in [6.07, 6.45) is 3.22. The number of fused-ring (bicyclic) bond motifs is 1. The molecule has 9 nitrogen and oxygen atoms in total. The van der Waals surface area contributed by atoms with Crippen LogP contribution in [0.4, 0.5) is 0 Å². The van der Waals surface area contributed by atoms with Gasteiger partial charge in [-0.2, -0.15) is 0 Å². The minimum atomic E-state index is -0.870. The maximum atomic E-state index is 12.9. The Hall–Kier alpha value is -3.50.